The van der Waals surface area contributed by atoms with Crippen LogP contribution in [0.15, 0.2) is 47.7 Å². The average Bonchev–Trinajstić information content (AvgIpc) is 2.97. The molecule has 2 rings (SSSR count). The highest BCUT2D eigenvalue weighted by atomic mass is 127. The fraction of sp³-hybridized carbons (Fsp3) is 0.412. The maximum absolute atomic E-state index is 4.29. The first-order chi connectivity index (χ1) is 11.1. The van der Waals surface area contributed by atoms with Crippen LogP contribution in [0.2, 0.25) is 0 Å². The zero-order valence-corrected chi connectivity index (χ0v) is 17.1. The van der Waals surface area contributed by atoms with Crippen LogP contribution in [0.25, 0.3) is 0 Å². The maximum atomic E-state index is 4.29. The maximum Gasteiger partial charge on any atom is 0.191 e. The molecular formula is C17H27IN6. The van der Waals surface area contributed by atoms with Gasteiger partial charge in [0.05, 0.1) is 12.2 Å². The molecular weight excluding hydrogens is 415 g/mol. The number of halogens is 1. The van der Waals surface area contributed by atoms with Crippen LogP contribution >= 0.6 is 24.0 Å². The van der Waals surface area contributed by atoms with Crippen molar-refractivity contribution < 1.29 is 0 Å². The van der Waals surface area contributed by atoms with E-state index < -0.39 is 0 Å². The van der Waals surface area contributed by atoms with Crippen LogP contribution in [0.5, 0.6) is 0 Å². The molecule has 1 aromatic heterocycles. The first-order valence-electron chi connectivity index (χ1n) is 7.73. The molecule has 6 nitrogen and oxygen atoms in total. The molecule has 1 atom stereocenters. The van der Waals surface area contributed by atoms with Crippen molar-refractivity contribution in [3.63, 3.8) is 0 Å². The second-order valence-electron chi connectivity index (χ2n) is 5.72. The zero-order chi connectivity index (χ0) is 16.7. The molecule has 1 unspecified atom stereocenters. The van der Waals surface area contributed by atoms with Gasteiger partial charge in [-0.15, -0.1) is 24.0 Å². The Hall–Kier alpha value is -1.61. The van der Waals surface area contributed by atoms with Gasteiger partial charge in [-0.25, -0.2) is 0 Å². The molecule has 0 aliphatic rings. The fourth-order valence-corrected chi connectivity index (χ4v) is 2.41. The summed E-state index contributed by atoms with van der Waals surface area (Å²) in [7, 11) is 7.86. The summed E-state index contributed by atoms with van der Waals surface area (Å²) in [6.07, 6.45) is 3.96. The van der Waals surface area contributed by atoms with Crippen molar-refractivity contribution in [1.29, 1.82) is 0 Å². The van der Waals surface area contributed by atoms with Crippen molar-refractivity contribution in [2.75, 3.05) is 27.7 Å². The van der Waals surface area contributed by atoms with Crippen LogP contribution in [-0.2, 0) is 13.6 Å². The number of guanidine groups is 1. The van der Waals surface area contributed by atoms with Gasteiger partial charge in [0, 0.05) is 38.9 Å². The molecule has 0 aliphatic carbocycles. The predicted octanol–water partition coefficient (Wildman–Crippen LogP) is 2.01. The molecule has 0 spiro atoms. The van der Waals surface area contributed by atoms with E-state index in [0.29, 0.717) is 0 Å². The van der Waals surface area contributed by atoms with Crippen molar-refractivity contribution in [3.05, 3.63) is 53.9 Å². The minimum Gasteiger partial charge on any atom is -0.354 e. The van der Waals surface area contributed by atoms with Crippen molar-refractivity contribution >= 4 is 29.9 Å². The lowest BCUT2D eigenvalue weighted by atomic mass is 10.1. The summed E-state index contributed by atoms with van der Waals surface area (Å²) in [4.78, 5) is 6.46. The van der Waals surface area contributed by atoms with Crippen molar-refractivity contribution in [2.45, 2.75) is 12.6 Å². The van der Waals surface area contributed by atoms with Crippen LogP contribution in [0.1, 0.15) is 17.2 Å². The molecule has 1 aromatic carbocycles. The Kier molecular flexibility index (Phi) is 8.77. The average molecular weight is 442 g/mol. The third kappa shape index (κ3) is 6.12. The van der Waals surface area contributed by atoms with E-state index in [0.717, 1.165) is 19.0 Å². The van der Waals surface area contributed by atoms with Gasteiger partial charge in [0.1, 0.15) is 0 Å². The van der Waals surface area contributed by atoms with E-state index in [2.05, 4.69) is 51.9 Å². The van der Waals surface area contributed by atoms with Gasteiger partial charge in [-0.05, 0) is 19.7 Å². The zero-order valence-electron chi connectivity index (χ0n) is 14.7. The molecule has 24 heavy (non-hydrogen) atoms. The molecule has 0 aliphatic heterocycles. The Morgan fingerprint density at radius 2 is 1.96 bits per heavy atom. The SMILES string of the molecule is CN=C(NCc1ccccc1)NCC(c1cnn(C)c1)N(C)C.I. The molecule has 0 radical (unpaired) electrons. The number of hydrogen-bond acceptors (Lipinski definition) is 3. The van der Waals surface area contributed by atoms with Gasteiger partial charge in [0.15, 0.2) is 5.96 Å². The first kappa shape index (κ1) is 20.4. The number of aliphatic imine (C=N–C) groups is 1. The minimum absolute atomic E-state index is 0. The number of aryl methyl sites for hydroxylation is 1. The van der Waals surface area contributed by atoms with Crippen molar-refractivity contribution in [3.8, 4) is 0 Å². The summed E-state index contributed by atoms with van der Waals surface area (Å²) in [5.41, 5.74) is 2.41. The topological polar surface area (TPSA) is 57.5 Å². The largest absolute Gasteiger partial charge is 0.354 e. The number of benzene rings is 1. The van der Waals surface area contributed by atoms with Crippen LogP contribution in [0.3, 0.4) is 0 Å². The van der Waals surface area contributed by atoms with Gasteiger partial charge in [0.25, 0.3) is 0 Å². The summed E-state index contributed by atoms with van der Waals surface area (Å²) in [6.45, 7) is 1.51. The first-order valence-corrected chi connectivity index (χ1v) is 7.73. The standard InChI is InChI=1S/C17H26N6.HI/c1-18-17(19-10-14-8-6-5-7-9-14)20-12-16(22(2)3)15-11-21-23(4)13-15;/h5-9,11,13,16H,10,12H2,1-4H3,(H2,18,19,20);1H. The van der Waals surface area contributed by atoms with Gasteiger partial charge in [-0.2, -0.15) is 5.10 Å². The molecule has 0 amide bonds. The summed E-state index contributed by atoms with van der Waals surface area (Å²) in [6, 6.07) is 10.5. The second-order valence-corrected chi connectivity index (χ2v) is 5.72. The Bertz CT molecular complexity index is 623. The quantitative estimate of drug-likeness (QED) is 0.409. The van der Waals surface area contributed by atoms with Gasteiger partial charge in [-0.3, -0.25) is 9.67 Å². The molecule has 132 valence electrons. The molecule has 2 N–H and O–H groups in total. The molecule has 2 aromatic rings. The van der Waals surface area contributed by atoms with Crippen molar-refractivity contribution in [1.82, 2.24) is 25.3 Å². The summed E-state index contributed by atoms with van der Waals surface area (Å²) >= 11 is 0. The number of likely N-dealkylation sites (N-methyl/N-ethyl adjacent to an activating group) is 1. The number of aromatic nitrogens is 2. The number of rotatable bonds is 6. The Morgan fingerprint density at radius 3 is 2.50 bits per heavy atom. The van der Waals surface area contributed by atoms with Gasteiger partial charge in [0.2, 0.25) is 0 Å². The summed E-state index contributed by atoms with van der Waals surface area (Å²) < 4.78 is 1.83. The van der Waals surface area contributed by atoms with Crippen LogP contribution < -0.4 is 10.6 Å². The van der Waals surface area contributed by atoms with E-state index in [4.69, 9.17) is 0 Å². The number of nitrogens with zero attached hydrogens (tertiary/aromatic N) is 4. The smallest absolute Gasteiger partial charge is 0.191 e. The molecule has 0 bridgehead atoms. The third-order valence-electron chi connectivity index (χ3n) is 3.72. The van der Waals surface area contributed by atoms with E-state index in [1.807, 2.05) is 42.3 Å². The Morgan fingerprint density at radius 1 is 1.25 bits per heavy atom. The highest BCUT2D eigenvalue weighted by molar-refractivity contribution is 14.0. The van der Waals surface area contributed by atoms with E-state index in [9.17, 15) is 0 Å². The van der Waals surface area contributed by atoms with E-state index in [1.54, 1.807) is 7.05 Å². The van der Waals surface area contributed by atoms with E-state index in [-0.39, 0.29) is 30.0 Å². The Balaban J connectivity index is 0.00000288. The van der Waals surface area contributed by atoms with Crippen LogP contribution in [0.4, 0.5) is 0 Å². The normalized spacial score (nSPS) is 12.6. The third-order valence-corrected chi connectivity index (χ3v) is 3.72. The van der Waals surface area contributed by atoms with Gasteiger partial charge < -0.3 is 15.5 Å². The van der Waals surface area contributed by atoms with Gasteiger partial charge in [-0.1, -0.05) is 30.3 Å². The van der Waals surface area contributed by atoms with E-state index >= 15 is 0 Å². The van der Waals surface area contributed by atoms with Crippen LogP contribution in [-0.4, -0.2) is 48.3 Å². The predicted molar refractivity (Wildman–Crippen MR) is 110 cm³/mol. The molecule has 0 saturated heterocycles. The fourth-order valence-electron chi connectivity index (χ4n) is 2.41. The number of nitrogens with one attached hydrogen (secondary N) is 2. The second kappa shape index (κ2) is 10.3. The highest BCUT2D eigenvalue weighted by Crippen LogP contribution is 2.15. The molecule has 1 heterocycles. The summed E-state index contributed by atoms with van der Waals surface area (Å²) in [5.74, 6) is 0.796. The Labute approximate surface area is 161 Å². The minimum atomic E-state index is 0. The monoisotopic (exact) mass is 442 g/mol. The van der Waals surface area contributed by atoms with Gasteiger partial charge >= 0.3 is 0 Å². The number of hydrogen-bond donors (Lipinski definition) is 2. The van der Waals surface area contributed by atoms with Crippen LogP contribution in [0, 0.1) is 0 Å². The van der Waals surface area contributed by atoms with E-state index in [1.165, 1.54) is 11.1 Å². The highest BCUT2D eigenvalue weighted by Gasteiger charge is 2.16. The van der Waals surface area contributed by atoms with Crippen molar-refractivity contribution in [2.24, 2.45) is 12.0 Å². The molecule has 7 heteroatoms. The molecule has 0 fully saturated rings. The summed E-state index contributed by atoms with van der Waals surface area (Å²) in [5, 5.41) is 11.0. The lowest BCUT2D eigenvalue weighted by Gasteiger charge is -2.24. The lowest BCUT2D eigenvalue weighted by molar-refractivity contribution is 0.298. The molecule has 0 saturated carbocycles. The lowest BCUT2D eigenvalue weighted by Crippen LogP contribution is -2.41.